The van der Waals surface area contributed by atoms with E-state index in [1.165, 1.54) is 0 Å². The van der Waals surface area contributed by atoms with Gasteiger partial charge in [-0.05, 0) is 50.3 Å². The van der Waals surface area contributed by atoms with Crippen LogP contribution in [0.25, 0.3) is 0 Å². The van der Waals surface area contributed by atoms with Gasteiger partial charge in [0, 0.05) is 36.4 Å². The first-order valence-corrected chi connectivity index (χ1v) is 13.6. The molecule has 0 aromatic heterocycles. The molecule has 1 saturated heterocycles. The Morgan fingerprint density at radius 2 is 1.74 bits per heavy atom. The summed E-state index contributed by atoms with van der Waals surface area (Å²) in [5.74, 6) is -1.98. The maximum atomic E-state index is 13.5. The van der Waals surface area contributed by atoms with Gasteiger partial charge in [0.2, 0.25) is 5.91 Å². The number of urea groups is 1. The van der Waals surface area contributed by atoms with E-state index < -0.39 is 40.6 Å². The van der Waals surface area contributed by atoms with Crippen molar-refractivity contribution in [2.24, 2.45) is 11.3 Å². The molecule has 2 rings (SSSR count). The van der Waals surface area contributed by atoms with Crippen LogP contribution in [-0.2, 0) is 24.7 Å². The van der Waals surface area contributed by atoms with Crippen molar-refractivity contribution in [3.05, 3.63) is 34.9 Å². The van der Waals surface area contributed by atoms with Crippen molar-refractivity contribution >= 4 is 35.5 Å². The number of piperidine rings is 1. The summed E-state index contributed by atoms with van der Waals surface area (Å²) in [4.78, 5) is 50.5. The Bertz CT molecular complexity index is 1040. The van der Waals surface area contributed by atoms with Gasteiger partial charge in [0.15, 0.2) is 0 Å². The molecule has 0 unspecified atom stereocenters. The largest absolute Gasteiger partial charge is 0.481 e. The molecule has 0 saturated carbocycles. The second-order valence-corrected chi connectivity index (χ2v) is 12.2. The molecule has 0 aliphatic carbocycles. The van der Waals surface area contributed by atoms with Crippen LogP contribution in [0, 0.1) is 11.3 Å². The highest BCUT2D eigenvalue weighted by Gasteiger charge is 2.50. The summed E-state index contributed by atoms with van der Waals surface area (Å²) in [6.07, 6.45) is 0.331. The molecular formula is C28H42ClN3O7. The molecule has 218 valence electrons. The van der Waals surface area contributed by atoms with Gasteiger partial charge in [-0.25, -0.2) is 4.79 Å². The lowest BCUT2D eigenvalue weighted by Crippen LogP contribution is -2.61. The van der Waals surface area contributed by atoms with Gasteiger partial charge in [0.25, 0.3) is 0 Å². The molecular weight excluding hydrogens is 526 g/mol. The molecule has 39 heavy (non-hydrogen) atoms. The number of aliphatic carboxylic acids is 1. The summed E-state index contributed by atoms with van der Waals surface area (Å²) in [5.41, 5.74) is -2.11. The van der Waals surface area contributed by atoms with E-state index in [0.717, 1.165) is 5.56 Å². The van der Waals surface area contributed by atoms with Gasteiger partial charge in [-0.3, -0.25) is 14.4 Å². The summed E-state index contributed by atoms with van der Waals surface area (Å²) in [6.45, 7) is 11.4. The average molecular weight is 568 g/mol. The van der Waals surface area contributed by atoms with E-state index in [-0.39, 0.29) is 37.6 Å². The minimum Gasteiger partial charge on any atom is -0.481 e. The minimum absolute atomic E-state index is 0.00657. The van der Waals surface area contributed by atoms with Gasteiger partial charge in [-0.15, -0.1) is 0 Å². The number of amides is 3. The second kappa shape index (κ2) is 13.0. The quantitative estimate of drug-likeness (QED) is 0.298. The molecule has 1 aromatic carbocycles. The monoisotopic (exact) mass is 567 g/mol. The van der Waals surface area contributed by atoms with Crippen molar-refractivity contribution < 1.29 is 34.1 Å². The van der Waals surface area contributed by atoms with E-state index in [2.05, 4.69) is 10.6 Å². The number of aliphatic hydroxyl groups is 1. The zero-order valence-electron chi connectivity index (χ0n) is 23.7. The van der Waals surface area contributed by atoms with Crippen LogP contribution in [0.1, 0.15) is 72.8 Å². The van der Waals surface area contributed by atoms with E-state index in [4.69, 9.17) is 21.4 Å². The predicted molar refractivity (Wildman–Crippen MR) is 147 cm³/mol. The van der Waals surface area contributed by atoms with Gasteiger partial charge >= 0.3 is 18.0 Å². The first-order valence-electron chi connectivity index (χ1n) is 13.2. The molecule has 2 atom stereocenters. The topological polar surface area (TPSA) is 145 Å². The fourth-order valence-corrected chi connectivity index (χ4v) is 4.87. The van der Waals surface area contributed by atoms with Crippen LogP contribution in [0.15, 0.2) is 24.3 Å². The van der Waals surface area contributed by atoms with Gasteiger partial charge in [0.1, 0.15) is 11.6 Å². The Balaban J connectivity index is 1.98. The normalized spacial score (nSPS) is 19.8. The Morgan fingerprint density at radius 3 is 2.28 bits per heavy atom. The summed E-state index contributed by atoms with van der Waals surface area (Å²) in [7, 11) is 0. The van der Waals surface area contributed by atoms with Crippen LogP contribution in [0.4, 0.5) is 4.79 Å². The highest BCUT2D eigenvalue weighted by Crippen LogP contribution is 2.46. The van der Waals surface area contributed by atoms with Crippen molar-refractivity contribution in [3.8, 4) is 0 Å². The number of nitrogens with one attached hydrogen (secondary N) is 2. The molecule has 4 N–H and O–H groups in total. The number of hydrogen-bond acceptors (Lipinski definition) is 6. The number of nitrogens with zero attached hydrogens (tertiary/aromatic N) is 1. The Morgan fingerprint density at radius 1 is 1.13 bits per heavy atom. The third kappa shape index (κ3) is 8.83. The van der Waals surface area contributed by atoms with Crippen LogP contribution >= 0.6 is 11.6 Å². The van der Waals surface area contributed by atoms with Crippen LogP contribution in [0.5, 0.6) is 0 Å². The Labute approximate surface area is 235 Å². The van der Waals surface area contributed by atoms with Crippen LogP contribution < -0.4 is 10.6 Å². The van der Waals surface area contributed by atoms with Crippen LogP contribution in [0.2, 0.25) is 5.02 Å². The Kier molecular flexibility index (Phi) is 10.8. The van der Waals surface area contributed by atoms with Crippen molar-refractivity contribution in [3.63, 3.8) is 0 Å². The van der Waals surface area contributed by atoms with Crippen molar-refractivity contribution in [1.29, 1.82) is 0 Å². The summed E-state index contributed by atoms with van der Waals surface area (Å²) in [6, 6.07) is 5.71. The third-order valence-corrected chi connectivity index (χ3v) is 7.39. The minimum atomic E-state index is -1.15. The summed E-state index contributed by atoms with van der Waals surface area (Å²) < 4.78 is 5.37. The van der Waals surface area contributed by atoms with Crippen molar-refractivity contribution in [2.45, 2.75) is 84.5 Å². The van der Waals surface area contributed by atoms with E-state index in [0.29, 0.717) is 24.5 Å². The predicted octanol–water partition coefficient (Wildman–Crippen LogP) is 3.69. The first kappa shape index (κ1) is 32.4. The lowest BCUT2D eigenvalue weighted by Gasteiger charge is -2.51. The number of ether oxygens (including phenoxy) is 1. The van der Waals surface area contributed by atoms with Gasteiger partial charge in [0.05, 0.1) is 12.1 Å². The molecule has 0 spiro atoms. The molecule has 1 aromatic rings. The summed E-state index contributed by atoms with van der Waals surface area (Å²) in [5, 5.41) is 26.3. The lowest BCUT2D eigenvalue weighted by atomic mass is 9.66. The number of halogens is 1. The van der Waals surface area contributed by atoms with Gasteiger partial charge in [-0.1, -0.05) is 51.4 Å². The smallest absolute Gasteiger partial charge is 0.315 e. The number of carbonyl (C=O) groups excluding carboxylic acids is 3. The molecule has 0 radical (unpaired) electrons. The van der Waals surface area contributed by atoms with Crippen LogP contribution in [0.3, 0.4) is 0 Å². The van der Waals surface area contributed by atoms with Crippen molar-refractivity contribution in [1.82, 2.24) is 15.5 Å². The molecule has 1 aliphatic heterocycles. The standard InChI is InChI=1S/C28H42ClN3O7/c1-18(2)23(31-25(37)30-16-27(5,6)39-22(35)9-7-8-21(33)34)24(36)32-15-14-28(38,26(3,4)17-32)19-10-12-20(29)13-11-19/h10-13,18,23,38H,7-9,14-17H2,1-6H3,(H,33,34)(H2,30,31,37)/t23-,28+/m1/s1. The maximum Gasteiger partial charge on any atom is 0.315 e. The number of hydrogen-bond donors (Lipinski definition) is 4. The number of carbonyl (C=O) groups is 4. The SMILES string of the molecule is CC(C)[C@@H](NC(=O)NCC(C)(C)OC(=O)CCCC(=O)O)C(=O)N1CC[C@](O)(c2ccc(Cl)cc2)C(C)(C)C1. The highest BCUT2D eigenvalue weighted by atomic mass is 35.5. The van der Waals surface area contributed by atoms with E-state index in [1.54, 1.807) is 43.0 Å². The molecule has 1 heterocycles. The number of likely N-dealkylation sites (tertiary alicyclic amines) is 1. The number of rotatable bonds is 11. The zero-order chi connectivity index (χ0) is 29.6. The first-order chi connectivity index (χ1) is 18.0. The average Bonchev–Trinajstić information content (AvgIpc) is 2.82. The maximum absolute atomic E-state index is 13.5. The number of benzene rings is 1. The second-order valence-electron chi connectivity index (χ2n) is 11.8. The molecule has 3 amide bonds. The fraction of sp³-hybridized carbons (Fsp3) is 0.643. The van der Waals surface area contributed by atoms with Gasteiger partial charge < -0.3 is 30.5 Å². The van der Waals surface area contributed by atoms with Crippen molar-refractivity contribution in [2.75, 3.05) is 19.6 Å². The molecule has 11 heteroatoms. The van der Waals surface area contributed by atoms with E-state index in [9.17, 15) is 24.3 Å². The highest BCUT2D eigenvalue weighted by molar-refractivity contribution is 6.30. The molecule has 0 bridgehead atoms. The number of carboxylic acids is 1. The number of carboxylic acid groups (broad SMARTS) is 1. The van der Waals surface area contributed by atoms with Gasteiger partial charge in [-0.2, -0.15) is 0 Å². The molecule has 1 fully saturated rings. The van der Waals surface area contributed by atoms with E-state index in [1.807, 2.05) is 27.7 Å². The molecule has 1 aliphatic rings. The number of esters is 1. The zero-order valence-corrected chi connectivity index (χ0v) is 24.4. The fourth-order valence-electron chi connectivity index (χ4n) is 4.75. The third-order valence-electron chi connectivity index (χ3n) is 7.14. The summed E-state index contributed by atoms with van der Waals surface area (Å²) >= 11 is 6.02. The van der Waals surface area contributed by atoms with Crippen LogP contribution in [-0.4, -0.2) is 70.3 Å². The van der Waals surface area contributed by atoms with E-state index >= 15 is 0 Å². The Hall–Kier alpha value is -2.85. The molecule has 10 nitrogen and oxygen atoms in total. The lowest BCUT2D eigenvalue weighted by molar-refractivity contribution is -0.156.